The fourth-order valence-corrected chi connectivity index (χ4v) is 1.70. The Hall–Kier alpha value is -2.89. The predicted molar refractivity (Wildman–Crippen MR) is 75.4 cm³/mol. The average molecular weight is 303 g/mol. The molecule has 0 aliphatic rings. The number of nitrogens with one attached hydrogen (secondary N) is 1. The van der Waals surface area contributed by atoms with E-state index in [0.29, 0.717) is 0 Å². The van der Waals surface area contributed by atoms with Crippen molar-refractivity contribution < 1.29 is 23.2 Å². The van der Waals surface area contributed by atoms with E-state index in [2.05, 4.69) is 5.32 Å². The topological polar surface area (TPSA) is 63.2 Å². The molecule has 0 unspecified atom stereocenters. The highest BCUT2D eigenvalue weighted by atomic mass is 19.1. The number of anilines is 1. The standard InChI is InChI=1S/C16H11F2NO3/c17-11-3-1-10(2-4-11)14(20)9-15(21)16(22)19-13-7-5-12(18)6-8-13/h1-8H,9H2,(H,19,22). The molecule has 2 rings (SSSR count). The van der Waals surface area contributed by atoms with Gasteiger partial charge in [-0.15, -0.1) is 0 Å². The lowest BCUT2D eigenvalue weighted by atomic mass is 10.1. The van der Waals surface area contributed by atoms with Crippen molar-refractivity contribution >= 4 is 23.2 Å². The summed E-state index contributed by atoms with van der Waals surface area (Å²) in [6, 6.07) is 9.51. The minimum absolute atomic E-state index is 0.143. The lowest BCUT2D eigenvalue weighted by Gasteiger charge is -2.04. The van der Waals surface area contributed by atoms with E-state index >= 15 is 0 Å². The first-order valence-corrected chi connectivity index (χ1v) is 6.34. The molecule has 22 heavy (non-hydrogen) atoms. The summed E-state index contributed by atoms with van der Waals surface area (Å²) in [6.07, 6.45) is -0.626. The molecule has 0 spiro atoms. The number of ketones is 2. The number of benzene rings is 2. The van der Waals surface area contributed by atoms with Gasteiger partial charge in [0.25, 0.3) is 5.91 Å². The molecule has 2 aromatic carbocycles. The van der Waals surface area contributed by atoms with Gasteiger partial charge in [-0.1, -0.05) is 0 Å². The summed E-state index contributed by atoms with van der Waals surface area (Å²) in [5.41, 5.74) is 0.387. The maximum atomic E-state index is 12.7. The largest absolute Gasteiger partial charge is 0.319 e. The second-order valence-electron chi connectivity index (χ2n) is 4.49. The smallest absolute Gasteiger partial charge is 0.292 e. The van der Waals surface area contributed by atoms with Crippen molar-refractivity contribution in [3.63, 3.8) is 0 Å². The van der Waals surface area contributed by atoms with Gasteiger partial charge in [0.2, 0.25) is 5.78 Å². The minimum atomic E-state index is -0.970. The van der Waals surface area contributed by atoms with Gasteiger partial charge in [0, 0.05) is 11.3 Å². The van der Waals surface area contributed by atoms with Crippen LogP contribution in [0.25, 0.3) is 0 Å². The first-order valence-electron chi connectivity index (χ1n) is 6.34. The molecular formula is C16H11F2NO3. The van der Waals surface area contributed by atoms with Crippen LogP contribution >= 0.6 is 0 Å². The zero-order valence-corrected chi connectivity index (χ0v) is 11.3. The molecule has 6 heteroatoms. The van der Waals surface area contributed by atoms with E-state index in [-0.39, 0.29) is 11.3 Å². The zero-order valence-electron chi connectivity index (χ0n) is 11.3. The fourth-order valence-electron chi connectivity index (χ4n) is 1.70. The molecule has 4 nitrogen and oxygen atoms in total. The highest BCUT2D eigenvalue weighted by Gasteiger charge is 2.19. The van der Waals surface area contributed by atoms with Crippen molar-refractivity contribution in [3.8, 4) is 0 Å². The Bertz CT molecular complexity index is 709. The van der Waals surface area contributed by atoms with E-state index in [4.69, 9.17) is 0 Å². The number of hydrogen-bond acceptors (Lipinski definition) is 3. The number of rotatable bonds is 5. The fraction of sp³-hybridized carbons (Fsp3) is 0.0625. The third-order valence-corrected chi connectivity index (χ3v) is 2.84. The normalized spacial score (nSPS) is 10.1. The van der Waals surface area contributed by atoms with Gasteiger partial charge in [0.1, 0.15) is 11.6 Å². The van der Waals surface area contributed by atoms with Crippen LogP contribution in [0.3, 0.4) is 0 Å². The molecule has 0 saturated carbocycles. The predicted octanol–water partition coefficient (Wildman–Crippen LogP) is 2.75. The third kappa shape index (κ3) is 4.05. The third-order valence-electron chi connectivity index (χ3n) is 2.84. The Morgan fingerprint density at radius 3 is 1.86 bits per heavy atom. The van der Waals surface area contributed by atoms with Crippen LogP contribution in [0.5, 0.6) is 0 Å². The van der Waals surface area contributed by atoms with E-state index in [1.165, 1.54) is 24.3 Å². The summed E-state index contributed by atoms with van der Waals surface area (Å²) < 4.78 is 25.5. The molecule has 0 bridgehead atoms. The number of amides is 1. The van der Waals surface area contributed by atoms with Gasteiger partial charge in [-0.25, -0.2) is 8.78 Å². The Morgan fingerprint density at radius 2 is 1.32 bits per heavy atom. The number of carbonyl (C=O) groups is 3. The van der Waals surface area contributed by atoms with Gasteiger partial charge in [-0.3, -0.25) is 14.4 Å². The van der Waals surface area contributed by atoms with Gasteiger partial charge < -0.3 is 5.32 Å². The van der Waals surface area contributed by atoms with Crippen molar-refractivity contribution in [1.82, 2.24) is 0 Å². The molecule has 0 aliphatic carbocycles. The van der Waals surface area contributed by atoms with E-state index < -0.39 is 35.5 Å². The summed E-state index contributed by atoms with van der Waals surface area (Å²) >= 11 is 0. The first kappa shape index (κ1) is 15.5. The first-order chi connectivity index (χ1) is 10.5. The SMILES string of the molecule is O=C(CC(=O)c1ccc(F)cc1)C(=O)Nc1ccc(F)cc1. The minimum Gasteiger partial charge on any atom is -0.319 e. The Morgan fingerprint density at radius 1 is 0.818 bits per heavy atom. The van der Waals surface area contributed by atoms with Crippen molar-refractivity contribution in [1.29, 1.82) is 0 Å². The van der Waals surface area contributed by atoms with Crippen molar-refractivity contribution in [2.45, 2.75) is 6.42 Å². The zero-order chi connectivity index (χ0) is 16.1. The maximum Gasteiger partial charge on any atom is 0.292 e. The summed E-state index contributed by atoms with van der Waals surface area (Å²) in [5.74, 6) is -3.47. The van der Waals surface area contributed by atoms with Crippen molar-refractivity contribution in [2.75, 3.05) is 5.32 Å². The van der Waals surface area contributed by atoms with Crippen LogP contribution in [0.2, 0.25) is 0 Å². The lowest BCUT2D eigenvalue weighted by Crippen LogP contribution is -2.25. The second kappa shape index (κ2) is 6.71. The van der Waals surface area contributed by atoms with Crippen LogP contribution in [0.15, 0.2) is 48.5 Å². The Labute approximate surface area is 124 Å². The molecule has 2 aromatic rings. The van der Waals surface area contributed by atoms with Crippen molar-refractivity contribution in [2.24, 2.45) is 0 Å². The molecule has 0 aromatic heterocycles. The van der Waals surface area contributed by atoms with Gasteiger partial charge in [-0.2, -0.15) is 0 Å². The van der Waals surface area contributed by atoms with Crippen LogP contribution in [0, 0.1) is 11.6 Å². The second-order valence-corrected chi connectivity index (χ2v) is 4.49. The molecular weight excluding hydrogens is 292 g/mol. The Balaban J connectivity index is 1.96. The number of carbonyl (C=O) groups excluding carboxylic acids is 3. The number of hydrogen-bond donors (Lipinski definition) is 1. The van der Waals surface area contributed by atoms with E-state index in [9.17, 15) is 23.2 Å². The number of Topliss-reactive ketones (excluding diaryl/α,β-unsaturated/α-hetero) is 2. The molecule has 0 radical (unpaired) electrons. The van der Waals surface area contributed by atoms with E-state index in [1.807, 2.05) is 0 Å². The summed E-state index contributed by atoms with van der Waals surface area (Å²) in [5, 5.41) is 2.27. The summed E-state index contributed by atoms with van der Waals surface area (Å²) in [7, 11) is 0. The van der Waals surface area contributed by atoms with Crippen LogP contribution in [-0.4, -0.2) is 17.5 Å². The van der Waals surface area contributed by atoms with Gasteiger partial charge in [0.05, 0.1) is 6.42 Å². The summed E-state index contributed by atoms with van der Waals surface area (Å²) in [4.78, 5) is 35.1. The molecule has 1 N–H and O–H groups in total. The quantitative estimate of drug-likeness (QED) is 0.525. The molecule has 0 saturated heterocycles. The van der Waals surface area contributed by atoms with Crippen LogP contribution in [0.1, 0.15) is 16.8 Å². The van der Waals surface area contributed by atoms with Crippen LogP contribution < -0.4 is 5.32 Å². The molecule has 0 fully saturated rings. The van der Waals surface area contributed by atoms with Gasteiger partial charge in [-0.05, 0) is 48.5 Å². The molecule has 0 heterocycles. The molecule has 112 valence electrons. The summed E-state index contributed by atoms with van der Waals surface area (Å²) in [6.45, 7) is 0. The van der Waals surface area contributed by atoms with Crippen molar-refractivity contribution in [3.05, 3.63) is 65.7 Å². The lowest BCUT2D eigenvalue weighted by molar-refractivity contribution is -0.134. The highest BCUT2D eigenvalue weighted by molar-refractivity contribution is 6.44. The van der Waals surface area contributed by atoms with E-state index in [0.717, 1.165) is 24.3 Å². The average Bonchev–Trinajstić information content (AvgIpc) is 2.50. The number of halogens is 2. The maximum absolute atomic E-state index is 12.7. The van der Waals surface area contributed by atoms with Crippen LogP contribution in [-0.2, 0) is 9.59 Å². The van der Waals surface area contributed by atoms with Crippen LogP contribution in [0.4, 0.5) is 14.5 Å². The van der Waals surface area contributed by atoms with E-state index in [1.54, 1.807) is 0 Å². The highest BCUT2D eigenvalue weighted by Crippen LogP contribution is 2.10. The molecule has 0 atom stereocenters. The van der Waals surface area contributed by atoms with Gasteiger partial charge >= 0.3 is 0 Å². The molecule has 0 aliphatic heterocycles. The van der Waals surface area contributed by atoms with Gasteiger partial charge in [0.15, 0.2) is 5.78 Å². The molecule has 1 amide bonds. The monoisotopic (exact) mass is 303 g/mol. The Kier molecular flexibility index (Phi) is 4.73.